The third-order valence-corrected chi connectivity index (χ3v) is 5.33. The van der Waals surface area contributed by atoms with E-state index in [9.17, 15) is 0 Å². The molecule has 23 heavy (non-hydrogen) atoms. The summed E-state index contributed by atoms with van der Waals surface area (Å²) in [6, 6.07) is 4.51. The number of aromatic nitrogens is 4. The van der Waals surface area contributed by atoms with Crippen molar-refractivity contribution in [3.05, 3.63) is 40.3 Å². The van der Waals surface area contributed by atoms with Gasteiger partial charge in [-0.15, -0.1) is 11.3 Å². The second-order valence-corrected chi connectivity index (χ2v) is 7.61. The van der Waals surface area contributed by atoms with Gasteiger partial charge in [-0.05, 0) is 52.7 Å². The van der Waals surface area contributed by atoms with E-state index in [4.69, 9.17) is 10.1 Å². The first-order valence-electron chi connectivity index (χ1n) is 8.05. The third kappa shape index (κ3) is 2.30. The van der Waals surface area contributed by atoms with Crippen LogP contribution < -0.4 is 0 Å². The molecule has 4 nitrogen and oxygen atoms in total. The summed E-state index contributed by atoms with van der Waals surface area (Å²) in [5, 5.41) is 6.09. The number of thiazole rings is 1. The van der Waals surface area contributed by atoms with E-state index in [2.05, 4.69) is 42.6 Å². The standard InChI is InChI=1S/C18H20N4S/c1-10(2)22-17-14(7-8-15-18(17)23-12(4)20-15)16(21-22)13-6-5-11(3)19-9-13/h5-6,9-10H,7-8H2,1-4H3. The maximum Gasteiger partial charge on any atom is 0.0977 e. The van der Waals surface area contributed by atoms with E-state index in [1.54, 1.807) is 11.3 Å². The highest BCUT2D eigenvalue weighted by Gasteiger charge is 2.29. The Balaban J connectivity index is 1.96. The zero-order chi connectivity index (χ0) is 16.1. The van der Waals surface area contributed by atoms with Crippen molar-refractivity contribution in [1.29, 1.82) is 0 Å². The monoisotopic (exact) mass is 324 g/mol. The molecule has 1 aliphatic rings. The van der Waals surface area contributed by atoms with Crippen molar-refractivity contribution in [3.8, 4) is 21.8 Å². The van der Waals surface area contributed by atoms with Gasteiger partial charge in [0.1, 0.15) is 0 Å². The largest absolute Gasteiger partial charge is 0.261 e. The molecule has 0 unspecified atom stereocenters. The molecule has 3 heterocycles. The van der Waals surface area contributed by atoms with E-state index in [0.29, 0.717) is 6.04 Å². The fourth-order valence-electron chi connectivity index (χ4n) is 3.23. The molecule has 0 amide bonds. The molecule has 0 radical (unpaired) electrons. The average molecular weight is 324 g/mol. The number of nitrogens with zero attached hydrogens (tertiary/aromatic N) is 4. The molecule has 0 saturated carbocycles. The van der Waals surface area contributed by atoms with Crippen molar-refractivity contribution in [2.45, 2.75) is 46.6 Å². The molecule has 3 aromatic rings. The van der Waals surface area contributed by atoms with Gasteiger partial charge in [0.15, 0.2) is 0 Å². The van der Waals surface area contributed by atoms with Gasteiger partial charge in [0.2, 0.25) is 0 Å². The van der Waals surface area contributed by atoms with E-state index in [-0.39, 0.29) is 0 Å². The van der Waals surface area contributed by atoms with Gasteiger partial charge in [-0.1, -0.05) is 0 Å². The van der Waals surface area contributed by atoms with Crippen molar-refractivity contribution in [1.82, 2.24) is 19.7 Å². The Kier molecular flexibility index (Phi) is 3.34. The average Bonchev–Trinajstić information content (AvgIpc) is 3.07. The molecule has 0 fully saturated rings. The number of hydrogen-bond acceptors (Lipinski definition) is 4. The summed E-state index contributed by atoms with van der Waals surface area (Å²) >= 11 is 1.79. The molecule has 4 rings (SSSR count). The van der Waals surface area contributed by atoms with Crippen molar-refractivity contribution < 1.29 is 0 Å². The molecule has 0 bridgehead atoms. The molecular weight excluding hydrogens is 304 g/mol. The molecular formula is C18H20N4S. The van der Waals surface area contributed by atoms with Gasteiger partial charge >= 0.3 is 0 Å². The van der Waals surface area contributed by atoms with Crippen LogP contribution in [0.2, 0.25) is 0 Å². The predicted octanol–water partition coefficient (Wildman–Crippen LogP) is 4.36. The lowest BCUT2D eigenvalue weighted by Gasteiger charge is -2.16. The van der Waals surface area contributed by atoms with E-state index in [1.165, 1.54) is 21.8 Å². The first kappa shape index (κ1) is 14.6. The van der Waals surface area contributed by atoms with Crippen molar-refractivity contribution >= 4 is 11.3 Å². The van der Waals surface area contributed by atoms with Crippen LogP contribution in [0.3, 0.4) is 0 Å². The van der Waals surface area contributed by atoms with Crippen LogP contribution in [0.25, 0.3) is 21.8 Å². The van der Waals surface area contributed by atoms with Crippen LogP contribution in [0.4, 0.5) is 0 Å². The van der Waals surface area contributed by atoms with E-state index >= 15 is 0 Å². The van der Waals surface area contributed by atoms with Gasteiger partial charge in [-0.3, -0.25) is 9.67 Å². The summed E-state index contributed by atoms with van der Waals surface area (Å²) in [6.07, 6.45) is 3.94. The summed E-state index contributed by atoms with van der Waals surface area (Å²) in [6.45, 7) is 8.47. The van der Waals surface area contributed by atoms with Crippen LogP contribution in [0.1, 0.15) is 41.8 Å². The molecule has 0 aliphatic heterocycles. The molecule has 3 aromatic heterocycles. The van der Waals surface area contributed by atoms with Gasteiger partial charge in [-0.2, -0.15) is 5.10 Å². The zero-order valence-electron chi connectivity index (χ0n) is 13.9. The Hall–Kier alpha value is -2.01. The SMILES string of the molecule is Cc1ccc(-c2nn(C(C)C)c3c2CCc2nc(C)sc2-3)cn1. The molecule has 0 saturated heterocycles. The van der Waals surface area contributed by atoms with Crippen molar-refractivity contribution in [3.63, 3.8) is 0 Å². The summed E-state index contributed by atoms with van der Waals surface area (Å²) in [5.74, 6) is 0. The molecule has 0 N–H and O–H groups in total. The molecule has 0 aromatic carbocycles. The summed E-state index contributed by atoms with van der Waals surface area (Å²) in [4.78, 5) is 10.5. The second-order valence-electron chi connectivity index (χ2n) is 6.41. The fraction of sp³-hybridized carbons (Fsp3) is 0.389. The number of fused-ring (bicyclic) bond motifs is 3. The maximum absolute atomic E-state index is 4.95. The van der Waals surface area contributed by atoms with E-state index in [0.717, 1.165) is 34.8 Å². The van der Waals surface area contributed by atoms with Crippen molar-refractivity contribution in [2.75, 3.05) is 0 Å². The highest BCUT2D eigenvalue weighted by molar-refractivity contribution is 7.15. The minimum Gasteiger partial charge on any atom is -0.261 e. The summed E-state index contributed by atoms with van der Waals surface area (Å²) < 4.78 is 2.17. The first-order chi connectivity index (χ1) is 11.0. The van der Waals surface area contributed by atoms with Gasteiger partial charge in [-0.25, -0.2) is 4.98 Å². The maximum atomic E-state index is 4.95. The minimum atomic E-state index is 0.323. The highest BCUT2D eigenvalue weighted by atomic mass is 32.1. The van der Waals surface area contributed by atoms with Gasteiger partial charge in [0.25, 0.3) is 0 Å². The van der Waals surface area contributed by atoms with Crippen LogP contribution in [0.15, 0.2) is 18.3 Å². The Labute approximate surface area is 140 Å². The van der Waals surface area contributed by atoms with Crippen LogP contribution in [-0.4, -0.2) is 19.7 Å². The summed E-state index contributed by atoms with van der Waals surface area (Å²) in [5.41, 5.74) is 7.07. The molecule has 5 heteroatoms. The van der Waals surface area contributed by atoms with Crippen molar-refractivity contribution in [2.24, 2.45) is 0 Å². The molecule has 1 aliphatic carbocycles. The predicted molar refractivity (Wildman–Crippen MR) is 93.8 cm³/mol. The first-order valence-corrected chi connectivity index (χ1v) is 8.87. The minimum absolute atomic E-state index is 0.323. The highest BCUT2D eigenvalue weighted by Crippen LogP contribution is 2.42. The number of rotatable bonds is 2. The Morgan fingerprint density at radius 1 is 1.17 bits per heavy atom. The smallest absolute Gasteiger partial charge is 0.0977 e. The zero-order valence-corrected chi connectivity index (χ0v) is 14.7. The second kappa shape index (κ2) is 5.27. The van der Waals surface area contributed by atoms with Gasteiger partial charge in [0, 0.05) is 29.1 Å². The molecule has 0 atom stereocenters. The van der Waals surface area contributed by atoms with Crippen LogP contribution in [0, 0.1) is 13.8 Å². The lowest BCUT2D eigenvalue weighted by Crippen LogP contribution is -2.08. The Morgan fingerprint density at radius 2 is 2.00 bits per heavy atom. The van der Waals surface area contributed by atoms with Gasteiger partial charge in [0.05, 0.1) is 27.0 Å². The number of aryl methyl sites for hydroxylation is 3. The quantitative estimate of drug-likeness (QED) is 0.703. The van der Waals surface area contributed by atoms with Crippen LogP contribution in [0.5, 0.6) is 0 Å². The lowest BCUT2D eigenvalue weighted by molar-refractivity contribution is 0.539. The Morgan fingerprint density at radius 3 is 2.70 bits per heavy atom. The number of pyridine rings is 1. The molecule has 0 spiro atoms. The number of hydrogen-bond donors (Lipinski definition) is 0. The van der Waals surface area contributed by atoms with Gasteiger partial charge < -0.3 is 0 Å². The topological polar surface area (TPSA) is 43.6 Å². The lowest BCUT2D eigenvalue weighted by atomic mass is 9.95. The summed E-state index contributed by atoms with van der Waals surface area (Å²) in [7, 11) is 0. The Bertz CT molecular complexity index is 871. The van der Waals surface area contributed by atoms with E-state index < -0.39 is 0 Å². The molecule has 118 valence electrons. The van der Waals surface area contributed by atoms with Crippen LogP contribution in [-0.2, 0) is 12.8 Å². The fourth-order valence-corrected chi connectivity index (χ4v) is 4.26. The van der Waals surface area contributed by atoms with Crippen LogP contribution >= 0.6 is 11.3 Å². The third-order valence-electron chi connectivity index (χ3n) is 4.31. The normalized spacial score (nSPS) is 13.3. The van der Waals surface area contributed by atoms with E-state index in [1.807, 2.05) is 13.1 Å².